The van der Waals surface area contributed by atoms with Gasteiger partial charge in [-0.05, 0) is 38.3 Å². The summed E-state index contributed by atoms with van der Waals surface area (Å²) in [6, 6.07) is 7.27. The first kappa shape index (κ1) is 17.6. The lowest BCUT2D eigenvalue weighted by Crippen LogP contribution is -2.57. The summed E-state index contributed by atoms with van der Waals surface area (Å²) in [6.45, 7) is 2.37. The molecule has 2 heterocycles. The molecule has 0 radical (unpaired) electrons. The second kappa shape index (κ2) is 7.06. The molecule has 7 nitrogen and oxygen atoms in total. The largest absolute Gasteiger partial charge is 0.495 e. The molecule has 27 heavy (non-hydrogen) atoms. The quantitative estimate of drug-likeness (QED) is 0.831. The Kier molecular flexibility index (Phi) is 4.59. The molecule has 142 valence electrons. The molecule has 1 aromatic carbocycles. The first-order chi connectivity index (χ1) is 13.1. The van der Waals surface area contributed by atoms with Gasteiger partial charge in [-0.25, -0.2) is 0 Å². The third-order valence-electron chi connectivity index (χ3n) is 5.38. The van der Waals surface area contributed by atoms with Crippen LogP contribution in [0.2, 0.25) is 0 Å². The fourth-order valence-electron chi connectivity index (χ4n) is 3.90. The maximum absolute atomic E-state index is 13.1. The summed E-state index contributed by atoms with van der Waals surface area (Å²) < 4.78 is 10.8. The van der Waals surface area contributed by atoms with Gasteiger partial charge in [0.25, 0.3) is 5.91 Å². The highest BCUT2D eigenvalue weighted by molar-refractivity contribution is 6.02. The van der Waals surface area contributed by atoms with Gasteiger partial charge in [0.1, 0.15) is 18.1 Å². The molecule has 1 atom stereocenters. The predicted octanol–water partition coefficient (Wildman–Crippen LogP) is 2.44. The summed E-state index contributed by atoms with van der Waals surface area (Å²) in [7, 11) is 1.58. The molecule has 1 aliphatic heterocycles. The van der Waals surface area contributed by atoms with Crippen molar-refractivity contribution in [1.82, 2.24) is 10.1 Å². The molecular formula is C20H23N3O4. The van der Waals surface area contributed by atoms with E-state index in [0.717, 1.165) is 42.7 Å². The Morgan fingerprint density at radius 1 is 1.26 bits per heavy atom. The third kappa shape index (κ3) is 3.07. The normalized spacial score (nSPS) is 19.8. The number of methoxy groups -OCH3 is 1. The molecule has 2 aromatic rings. The van der Waals surface area contributed by atoms with Crippen LogP contribution < -0.4 is 9.64 Å². The van der Waals surface area contributed by atoms with Crippen molar-refractivity contribution in [2.45, 2.75) is 38.6 Å². The van der Waals surface area contributed by atoms with Crippen LogP contribution in [-0.4, -0.2) is 48.1 Å². The molecule has 7 heteroatoms. The van der Waals surface area contributed by atoms with Crippen molar-refractivity contribution in [2.24, 2.45) is 0 Å². The van der Waals surface area contributed by atoms with Gasteiger partial charge in [-0.2, -0.15) is 0 Å². The summed E-state index contributed by atoms with van der Waals surface area (Å²) in [5, 5.41) is 4.03. The van der Waals surface area contributed by atoms with E-state index in [2.05, 4.69) is 5.16 Å². The van der Waals surface area contributed by atoms with Crippen LogP contribution in [0.1, 0.15) is 41.6 Å². The fraction of sp³-hybridized carbons (Fsp3) is 0.450. The molecule has 0 N–H and O–H groups in total. The van der Waals surface area contributed by atoms with Gasteiger partial charge in [0.05, 0.1) is 12.8 Å². The Morgan fingerprint density at radius 2 is 2.04 bits per heavy atom. The van der Waals surface area contributed by atoms with Crippen LogP contribution in [0.25, 0.3) is 0 Å². The summed E-state index contributed by atoms with van der Waals surface area (Å²) in [6.07, 6.45) is 3.72. The number of hydrogen-bond acceptors (Lipinski definition) is 5. The Morgan fingerprint density at radius 3 is 2.85 bits per heavy atom. The predicted molar refractivity (Wildman–Crippen MR) is 99.0 cm³/mol. The zero-order valence-corrected chi connectivity index (χ0v) is 15.6. The van der Waals surface area contributed by atoms with Gasteiger partial charge in [-0.3, -0.25) is 9.59 Å². The number of fused-ring (bicyclic) bond motifs is 1. The molecule has 0 bridgehead atoms. The lowest BCUT2D eigenvalue weighted by molar-refractivity contribution is -0.121. The van der Waals surface area contributed by atoms with E-state index in [9.17, 15) is 9.59 Å². The highest BCUT2D eigenvalue weighted by Crippen LogP contribution is 2.31. The molecule has 2 amide bonds. The number of rotatable bonds is 3. The topological polar surface area (TPSA) is 75.9 Å². The van der Waals surface area contributed by atoms with Crippen LogP contribution in [0.3, 0.4) is 0 Å². The minimum absolute atomic E-state index is 0.0136. The second-order valence-electron chi connectivity index (χ2n) is 7.10. The number of carbonyl (C=O) groups is 2. The minimum atomic E-state index is -0.220. The van der Waals surface area contributed by atoms with Crippen molar-refractivity contribution in [1.29, 1.82) is 0 Å². The van der Waals surface area contributed by atoms with Crippen LogP contribution in [0.15, 0.2) is 28.8 Å². The van der Waals surface area contributed by atoms with Crippen molar-refractivity contribution >= 4 is 17.5 Å². The number of aromatic nitrogens is 1. The molecule has 4 rings (SSSR count). The fourth-order valence-corrected chi connectivity index (χ4v) is 3.90. The Hall–Kier alpha value is -2.83. The molecule has 1 aromatic heterocycles. The molecule has 0 spiro atoms. The van der Waals surface area contributed by atoms with E-state index in [1.807, 2.05) is 31.2 Å². The van der Waals surface area contributed by atoms with Gasteiger partial charge in [-0.1, -0.05) is 17.3 Å². The molecule has 1 saturated heterocycles. The maximum Gasteiger partial charge on any atom is 0.277 e. The van der Waals surface area contributed by atoms with Gasteiger partial charge in [0, 0.05) is 24.6 Å². The molecule has 2 aliphatic rings. The zero-order valence-electron chi connectivity index (χ0n) is 15.6. The van der Waals surface area contributed by atoms with Crippen LogP contribution in [-0.2, 0) is 17.6 Å². The van der Waals surface area contributed by atoms with E-state index in [1.165, 1.54) is 0 Å². The number of benzene rings is 1. The third-order valence-corrected chi connectivity index (χ3v) is 5.38. The number of piperazine rings is 1. The van der Waals surface area contributed by atoms with Crippen molar-refractivity contribution in [3.8, 4) is 5.75 Å². The number of hydrogen-bond donors (Lipinski definition) is 0. The smallest absolute Gasteiger partial charge is 0.277 e. The van der Waals surface area contributed by atoms with Gasteiger partial charge >= 0.3 is 0 Å². The molecule has 1 fully saturated rings. The first-order valence-corrected chi connectivity index (χ1v) is 9.32. The molecule has 0 saturated carbocycles. The number of anilines is 1. The lowest BCUT2D eigenvalue weighted by atomic mass is 9.96. The molecular weight excluding hydrogens is 346 g/mol. The molecule has 1 aliphatic carbocycles. The average Bonchev–Trinajstić information content (AvgIpc) is 3.13. The first-order valence-electron chi connectivity index (χ1n) is 9.32. The van der Waals surface area contributed by atoms with Gasteiger partial charge < -0.3 is 19.1 Å². The Bertz CT molecular complexity index is 876. The summed E-state index contributed by atoms with van der Waals surface area (Å²) in [4.78, 5) is 29.2. The van der Waals surface area contributed by atoms with E-state index in [4.69, 9.17) is 9.26 Å². The van der Waals surface area contributed by atoms with Gasteiger partial charge in [-0.15, -0.1) is 0 Å². The number of para-hydroxylation sites is 2. The second-order valence-corrected chi connectivity index (χ2v) is 7.10. The standard InChI is InChI=1S/C20H23N3O4/c1-13-11-23(15-8-4-6-10-17(15)26-2)18(24)12-22(13)20(25)19-14-7-3-5-9-16(14)27-21-19/h4,6,8,10,13H,3,5,7,9,11-12H2,1-2H3/t13-/m1/s1. The van der Waals surface area contributed by atoms with Crippen LogP contribution in [0.4, 0.5) is 5.69 Å². The van der Waals surface area contributed by atoms with E-state index >= 15 is 0 Å². The summed E-state index contributed by atoms with van der Waals surface area (Å²) >= 11 is 0. The van der Waals surface area contributed by atoms with E-state index < -0.39 is 0 Å². The van der Waals surface area contributed by atoms with E-state index in [1.54, 1.807) is 16.9 Å². The zero-order chi connectivity index (χ0) is 19.0. The van der Waals surface area contributed by atoms with Crippen LogP contribution in [0, 0.1) is 0 Å². The average molecular weight is 369 g/mol. The maximum atomic E-state index is 13.1. The number of nitrogens with zero attached hydrogens (tertiary/aromatic N) is 3. The van der Waals surface area contributed by atoms with E-state index in [-0.39, 0.29) is 24.4 Å². The number of carbonyl (C=O) groups excluding carboxylic acids is 2. The van der Waals surface area contributed by atoms with Crippen molar-refractivity contribution in [2.75, 3.05) is 25.1 Å². The van der Waals surface area contributed by atoms with Crippen molar-refractivity contribution in [3.05, 3.63) is 41.3 Å². The summed E-state index contributed by atoms with van der Waals surface area (Å²) in [5.74, 6) is 1.10. The highest BCUT2D eigenvalue weighted by atomic mass is 16.5. The minimum Gasteiger partial charge on any atom is -0.495 e. The molecule has 0 unspecified atom stereocenters. The SMILES string of the molecule is COc1ccccc1N1C[C@@H](C)N(C(=O)c2noc3c2CCCC3)CC1=O. The lowest BCUT2D eigenvalue weighted by Gasteiger charge is -2.39. The monoisotopic (exact) mass is 369 g/mol. The van der Waals surface area contributed by atoms with Crippen LogP contribution >= 0.6 is 0 Å². The van der Waals surface area contributed by atoms with Gasteiger partial charge in [0.15, 0.2) is 5.69 Å². The number of ether oxygens (including phenoxy) is 1. The summed E-state index contributed by atoms with van der Waals surface area (Å²) in [5.41, 5.74) is 2.01. The Balaban J connectivity index is 1.56. The van der Waals surface area contributed by atoms with E-state index in [0.29, 0.717) is 18.0 Å². The van der Waals surface area contributed by atoms with Crippen molar-refractivity contribution in [3.63, 3.8) is 0 Å². The number of aryl methyl sites for hydroxylation is 1. The number of amides is 2. The van der Waals surface area contributed by atoms with Crippen LogP contribution in [0.5, 0.6) is 5.75 Å². The highest BCUT2D eigenvalue weighted by Gasteiger charge is 2.37. The van der Waals surface area contributed by atoms with Crippen molar-refractivity contribution < 1.29 is 18.8 Å². The van der Waals surface area contributed by atoms with Gasteiger partial charge in [0.2, 0.25) is 5.91 Å². The Labute approximate surface area is 157 Å².